The van der Waals surface area contributed by atoms with Crippen LogP contribution < -0.4 is 5.48 Å². The SMILES string of the molecule is CC1(C)OCC([C@H]2OC(C)(C)OC2c2cnc(C(=O)NO)[nH]2)O1. The van der Waals surface area contributed by atoms with Gasteiger partial charge < -0.3 is 23.9 Å². The van der Waals surface area contributed by atoms with Crippen molar-refractivity contribution in [2.75, 3.05) is 6.61 Å². The summed E-state index contributed by atoms with van der Waals surface area (Å²) in [5.41, 5.74) is 2.09. The maximum absolute atomic E-state index is 11.4. The number of aromatic nitrogens is 2. The van der Waals surface area contributed by atoms with Crippen LogP contribution in [0.25, 0.3) is 0 Å². The maximum Gasteiger partial charge on any atom is 0.310 e. The second-order valence-corrected chi connectivity index (χ2v) is 6.52. The molecule has 1 amide bonds. The minimum Gasteiger partial charge on any atom is -0.348 e. The first-order chi connectivity index (χ1) is 10.7. The minimum atomic E-state index is -0.810. The fraction of sp³-hybridized carbons (Fsp3) is 0.714. The van der Waals surface area contributed by atoms with Crippen LogP contribution >= 0.6 is 0 Å². The van der Waals surface area contributed by atoms with Crippen LogP contribution in [0.15, 0.2) is 6.20 Å². The van der Waals surface area contributed by atoms with Gasteiger partial charge in [-0.1, -0.05) is 0 Å². The first-order valence-corrected chi connectivity index (χ1v) is 7.37. The molecule has 2 aliphatic heterocycles. The van der Waals surface area contributed by atoms with Crippen molar-refractivity contribution in [1.29, 1.82) is 0 Å². The summed E-state index contributed by atoms with van der Waals surface area (Å²) in [4.78, 5) is 18.2. The van der Waals surface area contributed by atoms with Gasteiger partial charge in [-0.15, -0.1) is 0 Å². The number of rotatable bonds is 3. The largest absolute Gasteiger partial charge is 0.348 e. The zero-order valence-corrected chi connectivity index (χ0v) is 13.5. The number of carbonyl (C=O) groups excluding carboxylic acids is 1. The van der Waals surface area contributed by atoms with Gasteiger partial charge in [0, 0.05) is 0 Å². The first kappa shape index (κ1) is 16.3. The van der Waals surface area contributed by atoms with Gasteiger partial charge in [-0.05, 0) is 27.7 Å². The van der Waals surface area contributed by atoms with Crippen LogP contribution in [0, 0.1) is 0 Å². The number of hydrogen-bond acceptors (Lipinski definition) is 7. The molecule has 0 aliphatic carbocycles. The zero-order valence-electron chi connectivity index (χ0n) is 13.5. The van der Waals surface area contributed by atoms with Crippen molar-refractivity contribution in [3.05, 3.63) is 17.7 Å². The van der Waals surface area contributed by atoms with Crippen molar-refractivity contribution < 1.29 is 28.9 Å². The Morgan fingerprint density at radius 3 is 2.65 bits per heavy atom. The summed E-state index contributed by atoms with van der Waals surface area (Å²) >= 11 is 0. The summed E-state index contributed by atoms with van der Waals surface area (Å²) in [7, 11) is 0. The molecule has 0 saturated carbocycles. The smallest absolute Gasteiger partial charge is 0.310 e. The number of carbonyl (C=O) groups is 1. The number of ether oxygens (including phenoxy) is 4. The van der Waals surface area contributed by atoms with Crippen LogP contribution in [0.4, 0.5) is 0 Å². The number of nitrogens with zero attached hydrogens (tertiary/aromatic N) is 1. The lowest BCUT2D eigenvalue weighted by Gasteiger charge is -2.23. The average Bonchev–Trinajstić information content (AvgIpc) is 3.14. The molecule has 9 heteroatoms. The van der Waals surface area contributed by atoms with Gasteiger partial charge in [0.2, 0.25) is 0 Å². The predicted molar refractivity (Wildman–Crippen MR) is 75.5 cm³/mol. The van der Waals surface area contributed by atoms with E-state index in [0.29, 0.717) is 12.3 Å². The highest BCUT2D eigenvalue weighted by molar-refractivity contribution is 5.89. The van der Waals surface area contributed by atoms with Crippen LogP contribution in [0.5, 0.6) is 0 Å². The fourth-order valence-electron chi connectivity index (χ4n) is 2.83. The van der Waals surface area contributed by atoms with Crippen molar-refractivity contribution >= 4 is 5.91 Å². The van der Waals surface area contributed by atoms with Crippen LogP contribution in [0.2, 0.25) is 0 Å². The summed E-state index contributed by atoms with van der Waals surface area (Å²) in [5, 5.41) is 8.68. The van der Waals surface area contributed by atoms with E-state index >= 15 is 0 Å². The molecule has 0 aromatic carbocycles. The van der Waals surface area contributed by atoms with E-state index < -0.39 is 29.7 Å². The second kappa shape index (κ2) is 5.53. The monoisotopic (exact) mass is 327 g/mol. The Morgan fingerprint density at radius 1 is 1.30 bits per heavy atom. The summed E-state index contributed by atoms with van der Waals surface area (Å²) in [5.74, 6) is -2.23. The lowest BCUT2D eigenvalue weighted by Crippen LogP contribution is -2.35. The normalized spacial score (nSPS) is 32.1. The number of amides is 1. The molecule has 2 fully saturated rings. The third-order valence-electron chi connectivity index (χ3n) is 3.74. The van der Waals surface area contributed by atoms with Crippen LogP contribution in [0.3, 0.4) is 0 Å². The number of aromatic amines is 1. The number of nitrogens with one attached hydrogen (secondary N) is 2. The molecule has 9 nitrogen and oxygen atoms in total. The molecular weight excluding hydrogens is 306 g/mol. The molecule has 2 unspecified atom stereocenters. The van der Waals surface area contributed by atoms with E-state index in [1.165, 1.54) is 11.7 Å². The molecule has 1 aromatic rings. The Labute approximate surface area is 133 Å². The van der Waals surface area contributed by atoms with E-state index in [9.17, 15) is 4.79 Å². The molecule has 3 rings (SSSR count). The molecule has 1 aromatic heterocycles. The second-order valence-electron chi connectivity index (χ2n) is 6.52. The van der Waals surface area contributed by atoms with E-state index in [4.69, 9.17) is 24.2 Å². The molecule has 0 spiro atoms. The van der Waals surface area contributed by atoms with Crippen molar-refractivity contribution in [2.24, 2.45) is 0 Å². The topological polar surface area (TPSA) is 115 Å². The van der Waals surface area contributed by atoms with Crippen molar-refractivity contribution in [3.63, 3.8) is 0 Å². The Kier molecular flexibility index (Phi) is 3.93. The summed E-state index contributed by atoms with van der Waals surface area (Å²) < 4.78 is 23.4. The van der Waals surface area contributed by atoms with Crippen LogP contribution in [-0.2, 0) is 18.9 Å². The van der Waals surface area contributed by atoms with Crippen molar-refractivity contribution in [3.8, 4) is 0 Å². The number of H-pyrrole nitrogens is 1. The highest BCUT2D eigenvalue weighted by atomic mass is 16.8. The van der Waals surface area contributed by atoms with E-state index in [1.807, 2.05) is 13.8 Å². The van der Waals surface area contributed by atoms with Gasteiger partial charge in [0.15, 0.2) is 17.4 Å². The van der Waals surface area contributed by atoms with Gasteiger partial charge in [0.1, 0.15) is 18.3 Å². The van der Waals surface area contributed by atoms with Gasteiger partial charge in [0.25, 0.3) is 0 Å². The first-order valence-electron chi connectivity index (χ1n) is 7.37. The standard InChI is InChI=1S/C14H21N3O6/c1-13(2)20-6-8(21-13)10-9(22-14(3,4)23-10)7-5-15-11(16-7)12(18)17-19/h5,8-10,19H,6H2,1-4H3,(H,15,16)(H,17,18)/t8?,9?,10-/m1/s1. The number of imidazole rings is 1. The molecule has 3 N–H and O–H groups in total. The Morgan fingerprint density at radius 2 is 2.04 bits per heavy atom. The molecule has 3 atom stereocenters. The summed E-state index contributed by atoms with van der Waals surface area (Å²) in [6.45, 7) is 7.66. The highest BCUT2D eigenvalue weighted by Crippen LogP contribution is 2.42. The predicted octanol–water partition coefficient (Wildman–Crippen LogP) is 0.873. The van der Waals surface area contributed by atoms with Gasteiger partial charge in [-0.25, -0.2) is 10.5 Å². The Bertz CT molecular complexity index is 599. The summed E-state index contributed by atoms with van der Waals surface area (Å²) in [6, 6.07) is 0. The van der Waals surface area contributed by atoms with Crippen LogP contribution in [-0.4, -0.2) is 51.5 Å². The van der Waals surface area contributed by atoms with E-state index in [-0.39, 0.29) is 11.9 Å². The molecule has 3 heterocycles. The van der Waals surface area contributed by atoms with E-state index in [2.05, 4.69) is 9.97 Å². The zero-order chi connectivity index (χ0) is 16.8. The van der Waals surface area contributed by atoms with Gasteiger partial charge in [-0.3, -0.25) is 10.0 Å². The lowest BCUT2D eigenvalue weighted by molar-refractivity contribution is -0.174. The fourth-order valence-corrected chi connectivity index (χ4v) is 2.83. The third kappa shape index (κ3) is 3.24. The third-order valence-corrected chi connectivity index (χ3v) is 3.74. The highest BCUT2D eigenvalue weighted by Gasteiger charge is 2.50. The van der Waals surface area contributed by atoms with Crippen LogP contribution in [0.1, 0.15) is 50.1 Å². The lowest BCUT2D eigenvalue weighted by atomic mass is 10.1. The maximum atomic E-state index is 11.4. The molecule has 0 radical (unpaired) electrons. The van der Waals surface area contributed by atoms with Crippen molar-refractivity contribution in [1.82, 2.24) is 15.4 Å². The van der Waals surface area contributed by atoms with E-state index in [1.54, 1.807) is 13.8 Å². The Balaban J connectivity index is 1.83. The number of hydrogen-bond donors (Lipinski definition) is 3. The van der Waals surface area contributed by atoms with Gasteiger partial charge in [0.05, 0.1) is 18.5 Å². The molecular formula is C14H21N3O6. The number of hydroxylamine groups is 1. The Hall–Kier alpha value is -1.52. The van der Waals surface area contributed by atoms with E-state index in [0.717, 1.165) is 0 Å². The average molecular weight is 327 g/mol. The molecule has 23 heavy (non-hydrogen) atoms. The summed E-state index contributed by atoms with van der Waals surface area (Å²) in [6.07, 6.45) is 0.251. The quantitative estimate of drug-likeness (QED) is 0.557. The van der Waals surface area contributed by atoms with Gasteiger partial charge in [-0.2, -0.15) is 0 Å². The minimum absolute atomic E-state index is 0.0153. The molecule has 128 valence electrons. The molecule has 2 saturated heterocycles. The molecule has 2 aliphatic rings. The van der Waals surface area contributed by atoms with Crippen molar-refractivity contribution in [2.45, 2.75) is 57.6 Å². The molecule has 0 bridgehead atoms. The van der Waals surface area contributed by atoms with Gasteiger partial charge >= 0.3 is 5.91 Å².